The Labute approximate surface area is 105 Å². The number of nitrogens with one attached hydrogen (secondary N) is 2. The summed E-state index contributed by atoms with van der Waals surface area (Å²) in [5, 5.41) is 6.21. The highest BCUT2D eigenvalue weighted by Crippen LogP contribution is 2.21. The number of carbonyl (C=O) groups is 2. The molecule has 5 heteroatoms. The van der Waals surface area contributed by atoms with E-state index in [0.29, 0.717) is 22.3 Å². The lowest BCUT2D eigenvalue weighted by atomic mass is 10.1. The Morgan fingerprint density at radius 3 is 2.65 bits per heavy atom. The van der Waals surface area contributed by atoms with E-state index in [-0.39, 0.29) is 11.8 Å². The van der Waals surface area contributed by atoms with Crippen LogP contribution in [0, 0.1) is 5.92 Å². The molecule has 0 aliphatic carbocycles. The smallest absolute Gasteiger partial charge is 0.261 e. The van der Waals surface area contributed by atoms with E-state index in [1.807, 2.05) is 0 Å². The van der Waals surface area contributed by atoms with Crippen LogP contribution < -0.4 is 10.6 Å². The Morgan fingerprint density at radius 1 is 1.35 bits per heavy atom. The summed E-state index contributed by atoms with van der Waals surface area (Å²) < 4.78 is 0. The molecule has 0 fully saturated rings. The molecule has 1 heterocycles. The third-order valence-corrected chi connectivity index (χ3v) is 3.14. The fourth-order valence-electron chi connectivity index (χ4n) is 1.26. The molecule has 1 aromatic heterocycles. The molecular weight excluding hydrogens is 236 g/mol. The number of hydrogen-bond donors (Lipinski definition) is 2. The summed E-state index contributed by atoms with van der Waals surface area (Å²) in [7, 11) is 0. The lowest BCUT2D eigenvalue weighted by Crippen LogP contribution is -2.24. The Hall–Kier alpha value is -1.36. The Morgan fingerprint density at radius 2 is 2.06 bits per heavy atom. The van der Waals surface area contributed by atoms with E-state index in [4.69, 9.17) is 0 Å². The van der Waals surface area contributed by atoms with Crippen LogP contribution in [0.3, 0.4) is 0 Å². The third-order valence-electron chi connectivity index (χ3n) is 2.14. The molecule has 1 aromatic rings. The van der Waals surface area contributed by atoms with Crippen molar-refractivity contribution >= 4 is 28.2 Å². The van der Waals surface area contributed by atoms with Gasteiger partial charge in [-0.2, -0.15) is 0 Å². The Balaban J connectivity index is 2.46. The molecule has 2 amide bonds. The van der Waals surface area contributed by atoms with Crippen molar-refractivity contribution in [1.29, 1.82) is 0 Å². The zero-order valence-corrected chi connectivity index (χ0v) is 11.2. The fourth-order valence-corrected chi connectivity index (χ4v) is 2.13. The van der Waals surface area contributed by atoms with E-state index in [1.54, 1.807) is 12.1 Å². The summed E-state index contributed by atoms with van der Waals surface area (Å²) in [6.07, 6.45) is 0.968. The van der Waals surface area contributed by atoms with Gasteiger partial charge in [-0.15, -0.1) is 11.3 Å². The van der Waals surface area contributed by atoms with E-state index < -0.39 is 0 Å². The molecule has 0 saturated heterocycles. The van der Waals surface area contributed by atoms with Crippen molar-refractivity contribution in [2.45, 2.75) is 27.2 Å². The average molecular weight is 254 g/mol. The molecule has 0 radical (unpaired) electrons. The summed E-state index contributed by atoms with van der Waals surface area (Å²) in [6.45, 7) is 6.37. The standard InChI is InChI=1S/C12H18N2O2S/c1-8(2)6-7-13-12(16)10-4-5-11(17-10)14-9(3)15/h4-5,8H,6-7H2,1-3H3,(H,13,16)(H,14,15). The number of thiophene rings is 1. The lowest BCUT2D eigenvalue weighted by molar-refractivity contribution is -0.114. The second kappa shape index (κ2) is 6.39. The third kappa shape index (κ3) is 4.99. The maximum absolute atomic E-state index is 11.7. The Bertz CT molecular complexity index is 399. The summed E-state index contributed by atoms with van der Waals surface area (Å²) in [5.74, 6) is 0.374. The van der Waals surface area contributed by atoms with E-state index in [1.165, 1.54) is 18.3 Å². The van der Waals surface area contributed by atoms with Gasteiger partial charge >= 0.3 is 0 Å². The molecular formula is C12H18N2O2S. The van der Waals surface area contributed by atoms with Crippen LogP contribution in [0.25, 0.3) is 0 Å². The highest BCUT2D eigenvalue weighted by Gasteiger charge is 2.09. The van der Waals surface area contributed by atoms with Crippen molar-refractivity contribution in [1.82, 2.24) is 5.32 Å². The molecule has 1 rings (SSSR count). The van der Waals surface area contributed by atoms with Crippen LogP contribution in [0.4, 0.5) is 5.00 Å². The van der Waals surface area contributed by atoms with Gasteiger partial charge in [-0.1, -0.05) is 13.8 Å². The molecule has 0 unspecified atom stereocenters. The molecule has 0 aliphatic rings. The fraction of sp³-hybridized carbons (Fsp3) is 0.500. The lowest BCUT2D eigenvalue weighted by Gasteiger charge is -2.05. The molecule has 0 aromatic carbocycles. The van der Waals surface area contributed by atoms with Crippen LogP contribution in [-0.4, -0.2) is 18.4 Å². The summed E-state index contributed by atoms with van der Waals surface area (Å²) in [4.78, 5) is 23.2. The molecule has 0 saturated carbocycles. The first-order valence-electron chi connectivity index (χ1n) is 5.64. The maximum atomic E-state index is 11.7. The van der Waals surface area contributed by atoms with Gasteiger partial charge < -0.3 is 10.6 Å². The molecule has 0 atom stereocenters. The number of rotatable bonds is 5. The highest BCUT2D eigenvalue weighted by molar-refractivity contribution is 7.18. The molecule has 0 aliphatic heterocycles. The predicted octanol–water partition coefficient (Wildman–Crippen LogP) is 2.48. The minimum atomic E-state index is -0.126. The van der Waals surface area contributed by atoms with Gasteiger partial charge in [-0.25, -0.2) is 0 Å². The van der Waals surface area contributed by atoms with Crippen molar-refractivity contribution in [2.75, 3.05) is 11.9 Å². The minimum Gasteiger partial charge on any atom is -0.351 e. The van der Waals surface area contributed by atoms with Gasteiger partial charge in [0.1, 0.15) is 0 Å². The van der Waals surface area contributed by atoms with Crippen molar-refractivity contribution in [3.05, 3.63) is 17.0 Å². The predicted molar refractivity (Wildman–Crippen MR) is 70.4 cm³/mol. The van der Waals surface area contributed by atoms with Crippen LogP contribution >= 0.6 is 11.3 Å². The molecule has 0 bridgehead atoms. The number of anilines is 1. The van der Waals surface area contributed by atoms with Crippen LogP contribution in [0.15, 0.2) is 12.1 Å². The SMILES string of the molecule is CC(=O)Nc1ccc(C(=O)NCCC(C)C)s1. The van der Waals surface area contributed by atoms with Gasteiger partial charge in [-0.3, -0.25) is 9.59 Å². The first-order chi connectivity index (χ1) is 7.99. The van der Waals surface area contributed by atoms with E-state index in [2.05, 4.69) is 24.5 Å². The van der Waals surface area contributed by atoms with E-state index >= 15 is 0 Å². The first kappa shape index (κ1) is 13.7. The van der Waals surface area contributed by atoms with Crippen molar-refractivity contribution in [2.24, 2.45) is 5.92 Å². The number of carbonyl (C=O) groups excluding carboxylic acids is 2. The summed E-state index contributed by atoms with van der Waals surface area (Å²) in [6, 6.07) is 3.46. The molecule has 2 N–H and O–H groups in total. The monoisotopic (exact) mass is 254 g/mol. The molecule has 94 valence electrons. The average Bonchev–Trinajstić information content (AvgIpc) is 2.64. The molecule has 0 spiro atoms. The number of amides is 2. The highest BCUT2D eigenvalue weighted by atomic mass is 32.1. The van der Waals surface area contributed by atoms with E-state index in [0.717, 1.165) is 6.42 Å². The topological polar surface area (TPSA) is 58.2 Å². The zero-order chi connectivity index (χ0) is 12.8. The van der Waals surface area contributed by atoms with Crippen molar-refractivity contribution in [3.63, 3.8) is 0 Å². The van der Waals surface area contributed by atoms with Gasteiger partial charge in [0.25, 0.3) is 5.91 Å². The molecule has 17 heavy (non-hydrogen) atoms. The second-order valence-corrected chi connectivity index (χ2v) is 5.37. The van der Waals surface area contributed by atoms with Gasteiger partial charge in [0, 0.05) is 13.5 Å². The van der Waals surface area contributed by atoms with Gasteiger partial charge in [-0.05, 0) is 24.5 Å². The maximum Gasteiger partial charge on any atom is 0.261 e. The zero-order valence-electron chi connectivity index (χ0n) is 10.4. The van der Waals surface area contributed by atoms with Crippen LogP contribution in [0.2, 0.25) is 0 Å². The number of hydrogen-bond acceptors (Lipinski definition) is 3. The van der Waals surface area contributed by atoms with Gasteiger partial charge in [0.2, 0.25) is 5.91 Å². The summed E-state index contributed by atoms with van der Waals surface area (Å²) >= 11 is 1.28. The van der Waals surface area contributed by atoms with Crippen molar-refractivity contribution < 1.29 is 9.59 Å². The minimum absolute atomic E-state index is 0.0766. The second-order valence-electron chi connectivity index (χ2n) is 4.28. The van der Waals surface area contributed by atoms with E-state index in [9.17, 15) is 9.59 Å². The van der Waals surface area contributed by atoms with Crippen LogP contribution in [0.5, 0.6) is 0 Å². The van der Waals surface area contributed by atoms with Gasteiger partial charge in [0.05, 0.1) is 9.88 Å². The largest absolute Gasteiger partial charge is 0.351 e. The van der Waals surface area contributed by atoms with Gasteiger partial charge in [0.15, 0.2) is 0 Å². The summed E-state index contributed by atoms with van der Waals surface area (Å²) in [5.41, 5.74) is 0. The molecule has 4 nitrogen and oxygen atoms in total. The first-order valence-corrected chi connectivity index (χ1v) is 6.46. The van der Waals surface area contributed by atoms with Crippen LogP contribution in [-0.2, 0) is 4.79 Å². The van der Waals surface area contributed by atoms with Crippen LogP contribution in [0.1, 0.15) is 36.9 Å². The van der Waals surface area contributed by atoms with Crippen molar-refractivity contribution in [3.8, 4) is 0 Å². The Kier molecular flexibility index (Phi) is 5.15. The normalized spacial score (nSPS) is 10.4. The quantitative estimate of drug-likeness (QED) is 0.848.